The number of nitrogens with one attached hydrogen (secondary N) is 2. The number of amides is 2. The van der Waals surface area contributed by atoms with Gasteiger partial charge in [-0.05, 0) is 26.0 Å². The van der Waals surface area contributed by atoms with E-state index in [1.54, 1.807) is 31.5 Å². The zero-order valence-electron chi connectivity index (χ0n) is 15.8. The topological polar surface area (TPSA) is 115 Å². The summed E-state index contributed by atoms with van der Waals surface area (Å²) in [5.41, 5.74) is -0.0419. The van der Waals surface area contributed by atoms with Crippen molar-refractivity contribution in [2.45, 2.75) is 25.0 Å². The van der Waals surface area contributed by atoms with Crippen LogP contribution in [-0.2, 0) is 11.8 Å². The largest absolute Gasteiger partial charge is 0.342 e. The van der Waals surface area contributed by atoms with Gasteiger partial charge in [0.05, 0.1) is 17.4 Å². The Hall–Kier alpha value is -2.86. The maximum absolute atomic E-state index is 13.8. The highest BCUT2D eigenvalue weighted by Gasteiger charge is 2.20. The van der Waals surface area contributed by atoms with Crippen molar-refractivity contribution in [2.24, 2.45) is 7.05 Å². The normalized spacial score (nSPS) is 11.9. The lowest BCUT2D eigenvalue weighted by Crippen LogP contribution is -2.29. The molecule has 12 heteroatoms. The molecule has 2 N–H and O–H groups in total. The first-order valence-corrected chi connectivity index (χ1v) is 10.3. The van der Waals surface area contributed by atoms with Gasteiger partial charge in [0.1, 0.15) is 10.8 Å². The Labute approximate surface area is 174 Å². The molecule has 2 heterocycles. The first-order valence-electron chi connectivity index (χ1n) is 8.52. The summed E-state index contributed by atoms with van der Waals surface area (Å²) in [5, 5.41) is 22.9. The quantitative estimate of drug-likeness (QED) is 0.547. The molecule has 0 radical (unpaired) electrons. The van der Waals surface area contributed by atoms with E-state index in [1.807, 2.05) is 0 Å². The fourth-order valence-electron chi connectivity index (χ4n) is 2.45. The number of thioether (sulfide) groups is 1. The van der Waals surface area contributed by atoms with Gasteiger partial charge in [-0.15, -0.1) is 20.4 Å². The maximum atomic E-state index is 13.8. The lowest BCUT2D eigenvalue weighted by Gasteiger charge is -2.14. The molecule has 152 valence electrons. The number of benzene rings is 1. The molecule has 1 aromatic carbocycles. The smallest absolute Gasteiger partial charge is 0.254 e. The van der Waals surface area contributed by atoms with Crippen molar-refractivity contribution >= 4 is 40.0 Å². The minimum Gasteiger partial charge on any atom is -0.342 e. The van der Waals surface area contributed by atoms with Crippen LogP contribution in [0.2, 0.25) is 0 Å². The Morgan fingerprint density at radius 1 is 1.24 bits per heavy atom. The number of carbonyl (C=O) groups excluding carboxylic acids is 2. The highest BCUT2D eigenvalue weighted by molar-refractivity contribution is 7.99. The molecular weight excluding hydrogens is 417 g/mol. The predicted octanol–water partition coefficient (Wildman–Crippen LogP) is 2.34. The molecule has 3 aromatic rings. The number of nitrogens with zero attached hydrogens (tertiary/aromatic N) is 5. The second-order valence-electron chi connectivity index (χ2n) is 6.04. The SMILES string of the molecule is Cc1nnc(NC(=O)CSc2nnc([C@H](C)NC(=O)c3ccccc3F)n2C)s1. The fourth-order valence-corrected chi connectivity index (χ4v) is 3.77. The van der Waals surface area contributed by atoms with Crippen LogP contribution in [0.15, 0.2) is 29.4 Å². The zero-order chi connectivity index (χ0) is 21.0. The van der Waals surface area contributed by atoms with E-state index in [9.17, 15) is 14.0 Å². The lowest BCUT2D eigenvalue weighted by molar-refractivity contribution is -0.113. The molecule has 0 fully saturated rings. The van der Waals surface area contributed by atoms with Gasteiger partial charge in [0.25, 0.3) is 5.91 Å². The summed E-state index contributed by atoms with van der Waals surface area (Å²) in [5.74, 6) is -0.780. The Morgan fingerprint density at radius 3 is 2.69 bits per heavy atom. The van der Waals surface area contributed by atoms with Crippen molar-refractivity contribution in [1.82, 2.24) is 30.3 Å². The third-order valence-corrected chi connectivity index (χ3v) is 5.60. The Morgan fingerprint density at radius 2 is 2.00 bits per heavy atom. The Kier molecular flexibility index (Phi) is 6.54. The van der Waals surface area contributed by atoms with Gasteiger partial charge < -0.3 is 9.88 Å². The average molecular weight is 436 g/mol. The molecule has 0 saturated carbocycles. The molecule has 3 rings (SSSR count). The number of rotatable bonds is 7. The summed E-state index contributed by atoms with van der Waals surface area (Å²) in [7, 11) is 1.73. The van der Waals surface area contributed by atoms with Crippen LogP contribution in [-0.4, -0.2) is 42.5 Å². The van der Waals surface area contributed by atoms with Crippen molar-refractivity contribution in [3.63, 3.8) is 0 Å². The van der Waals surface area contributed by atoms with Crippen molar-refractivity contribution in [3.8, 4) is 0 Å². The molecule has 1 atom stereocenters. The van der Waals surface area contributed by atoms with Crippen LogP contribution in [0.1, 0.15) is 34.2 Å². The van der Waals surface area contributed by atoms with Crippen LogP contribution in [0.25, 0.3) is 0 Å². The molecule has 2 amide bonds. The van der Waals surface area contributed by atoms with E-state index in [0.29, 0.717) is 16.1 Å². The molecule has 0 aliphatic rings. The minimum atomic E-state index is -0.594. The van der Waals surface area contributed by atoms with Crippen LogP contribution in [0, 0.1) is 12.7 Å². The average Bonchev–Trinajstić information content (AvgIpc) is 3.25. The van der Waals surface area contributed by atoms with Gasteiger partial charge in [-0.3, -0.25) is 14.9 Å². The van der Waals surface area contributed by atoms with Crippen LogP contribution >= 0.6 is 23.1 Å². The summed E-state index contributed by atoms with van der Waals surface area (Å²) < 4.78 is 15.4. The van der Waals surface area contributed by atoms with Gasteiger partial charge in [0.2, 0.25) is 11.0 Å². The molecule has 0 aliphatic carbocycles. The predicted molar refractivity (Wildman–Crippen MR) is 107 cm³/mol. The van der Waals surface area contributed by atoms with Gasteiger partial charge in [-0.2, -0.15) is 0 Å². The van der Waals surface area contributed by atoms with Crippen LogP contribution in [0.5, 0.6) is 0 Å². The Bertz CT molecular complexity index is 1040. The molecule has 0 saturated heterocycles. The van der Waals surface area contributed by atoms with E-state index in [0.717, 1.165) is 5.01 Å². The van der Waals surface area contributed by atoms with E-state index in [2.05, 4.69) is 31.0 Å². The van der Waals surface area contributed by atoms with Gasteiger partial charge in [-0.1, -0.05) is 35.2 Å². The zero-order valence-corrected chi connectivity index (χ0v) is 17.5. The van der Waals surface area contributed by atoms with E-state index >= 15 is 0 Å². The monoisotopic (exact) mass is 435 g/mol. The number of anilines is 1. The van der Waals surface area contributed by atoms with E-state index in [1.165, 1.54) is 41.3 Å². The van der Waals surface area contributed by atoms with E-state index < -0.39 is 17.8 Å². The van der Waals surface area contributed by atoms with Crippen LogP contribution < -0.4 is 10.6 Å². The first-order chi connectivity index (χ1) is 13.8. The molecule has 0 unspecified atom stereocenters. The molecule has 29 heavy (non-hydrogen) atoms. The second-order valence-corrected chi connectivity index (χ2v) is 8.16. The van der Waals surface area contributed by atoms with Crippen molar-refractivity contribution < 1.29 is 14.0 Å². The highest BCUT2D eigenvalue weighted by atomic mass is 32.2. The standard InChI is InChI=1S/C17H18FN7O2S2/c1-9(19-15(27)11-6-4-5-7-12(11)18)14-22-24-17(25(14)3)28-8-13(26)20-16-23-21-10(2)29-16/h4-7,9H,8H2,1-3H3,(H,19,27)(H,20,23,26)/t9-/m0/s1. The number of halogens is 1. The van der Waals surface area contributed by atoms with Gasteiger partial charge in [0.15, 0.2) is 11.0 Å². The third kappa shape index (κ3) is 5.15. The van der Waals surface area contributed by atoms with Crippen molar-refractivity contribution in [3.05, 3.63) is 46.5 Å². The summed E-state index contributed by atoms with van der Waals surface area (Å²) in [6.45, 7) is 3.52. The summed E-state index contributed by atoms with van der Waals surface area (Å²) in [4.78, 5) is 24.3. The number of hydrogen-bond donors (Lipinski definition) is 2. The molecule has 2 aromatic heterocycles. The fraction of sp³-hybridized carbons (Fsp3) is 0.294. The molecule has 0 aliphatic heterocycles. The van der Waals surface area contributed by atoms with E-state index in [4.69, 9.17) is 0 Å². The molecule has 0 bridgehead atoms. The van der Waals surface area contributed by atoms with Gasteiger partial charge in [0, 0.05) is 7.05 Å². The summed E-state index contributed by atoms with van der Waals surface area (Å²) in [6, 6.07) is 5.24. The third-order valence-electron chi connectivity index (χ3n) is 3.83. The summed E-state index contributed by atoms with van der Waals surface area (Å²) in [6.07, 6.45) is 0. The number of hydrogen-bond acceptors (Lipinski definition) is 8. The molecule has 9 nitrogen and oxygen atoms in total. The Balaban J connectivity index is 1.59. The van der Waals surface area contributed by atoms with Crippen LogP contribution in [0.4, 0.5) is 9.52 Å². The number of aromatic nitrogens is 5. The number of aryl methyl sites for hydroxylation is 1. The highest BCUT2D eigenvalue weighted by Crippen LogP contribution is 2.20. The lowest BCUT2D eigenvalue weighted by atomic mass is 10.2. The number of carbonyl (C=O) groups is 2. The van der Waals surface area contributed by atoms with Gasteiger partial charge >= 0.3 is 0 Å². The molecule has 0 spiro atoms. The van der Waals surface area contributed by atoms with E-state index in [-0.39, 0.29) is 17.2 Å². The van der Waals surface area contributed by atoms with Crippen LogP contribution in [0.3, 0.4) is 0 Å². The van der Waals surface area contributed by atoms with Crippen molar-refractivity contribution in [2.75, 3.05) is 11.1 Å². The first kappa shape index (κ1) is 20.9. The second kappa shape index (κ2) is 9.09. The minimum absolute atomic E-state index is 0.0419. The summed E-state index contributed by atoms with van der Waals surface area (Å²) >= 11 is 2.49. The molecular formula is C17H18FN7O2S2. The van der Waals surface area contributed by atoms with Crippen molar-refractivity contribution in [1.29, 1.82) is 0 Å². The van der Waals surface area contributed by atoms with Gasteiger partial charge in [-0.25, -0.2) is 4.39 Å². The maximum Gasteiger partial charge on any atom is 0.254 e.